The first-order valence-electron chi connectivity index (χ1n) is 11.0. The molecule has 4 aromatic carbocycles. The van der Waals surface area contributed by atoms with E-state index in [0.29, 0.717) is 0 Å². The minimum absolute atomic E-state index is 0.189. The van der Waals surface area contributed by atoms with Crippen molar-refractivity contribution >= 4 is 34.5 Å². The molecule has 4 nitrogen and oxygen atoms in total. The van der Waals surface area contributed by atoms with Crippen LogP contribution in [0.1, 0.15) is 22.3 Å². The first-order valence-corrected chi connectivity index (χ1v) is 12.0. The van der Waals surface area contributed by atoms with Crippen LogP contribution in [0.25, 0.3) is 0 Å². The molecule has 0 radical (unpaired) electrons. The Balaban J connectivity index is 1.85. The van der Waals surface area contributed by atoms with Gasteiger partial charge in [-0.15, -0.1) is 0 Å². The third kappa shape index (κ3) is 4.75. The molecule has 4 rings (SSSR count). The molecular weight excluding hydrogens is 537 g/mol. The molecule has 1 atom stereocenters. The summed E-state index contributed by atoms with van der Waals surface area (Å²) in [6, 6.07) is 35.1. The highest BCUT2D eigenvalue weighted by molar-refractivity contribution is 14.1. The normalized spacial score (nSPS) is 12.0. The Kier molecular flexibility index (Phi) is 7.43. The third-order valence-electron chi connectivity index (χ3n) is 5.95. The summed E-state index contributed by atoms with van der Waals surface area (Å²) in [5.74, 6) is -1.45. The molecule has 0 bridgehead atoms. The van der Waals surface area contributed by atoms with Gasteiger partial charge in [-0.3, -0.25) is 4.79 Å². The van der Waals surface area contributed by atoms with Crippen molar-refractivity contribution in [3.8, 4) is 0 Å². The van der Waals surface area contributed by atoms with Gasteiger partial charge in [0.05, 0.1) is 0 Å². The van der Waals surface area contributed by atoms with Gasteiger partial charge in [-0.1, -0.05) is 109 Å². The summed E-state index contributed by atoms with van der Waals surface area (Å²) in [4.78, 5) is 26.6. The van der Waals surface area contributed by atoms with Gasteiger partial charge >= 0.3 is 5.97 Å². The SMILES string of the molecule is O=C(O)[C@@H](Cc1ccccc1I)NC(=O)C(c1ccccc1)(c1ccccc1)c1ccccc1. The molecule has 5 heteroatoms. The van der Waals surface area contributed by atoms with E-state index in [4.69, 9.17) is 0 Å². The van der Waals surface area contributed by atoms with E-state index in [0.717, 1.165) is 25.8 Å². The first kappa shape index (κ1) is 23.7. The van der Waals surface area contributed by atoms with Crippen molar-refractivity contribution in [2.45, 2.75) is 17.9 Å². The molecule has 0 unspecified atom stereocenters. The van der Waals surface area contributed by atoms with Gasteiger partial charge in [0.15, 0.2) is 0 Å². The summed E-state index contributed by atoms with van der Waals surface area (Å²) in [7, 11) is 0. The van der Waals surface area contributed by atoms with Crippen LogP contribution in [-0.4, -0.2) is 23.0 Å². The molecule has 0 heterocycles. The van der Waals surface area contributed by atoms with Gasteiger partial charge in [0.2, 0.25) is 5.91 Å². The van der Waals surface area contributed by atoms with Crippen molar-refractivity contribution in [3.05, 3.63) is 141 Å². The zero-order chi connectivity index (χ0) is 24.0. The Hall–Kier alpha value is -3.45. The molecule has 2 N–H and O–H groups in total. The summed E-state index contributed by atoms with van der Waals surface area (Å²) in [6.07, 6.45) is 0.189. The van der Waals surface area contributed by atoms with E-state index < -0.39 is 17.4 Å². The van der Waals surface area contributed by atoms with Crippen LogP contribution in [0.3, 0.4) is 0 Å². The largest absolute Gasteiger partial charge is 0.480 e. The Morgan fingerprint density at radius 3 is 1.53 bits per heavy atom. The van der Waals surface area contributed by atoms with Gasteiger partial charge in [0.1, 0.15) is 11.5 Å². The number of benzene rings is 4. The van der Waals surface area contributed by atoms with Gasteiger partial charge in [-0.25, -0.2) is 4.79 Å². The average Bonchev–Trinajstić information content (AvgIpc) is 2.87. The van der Waals surface area contributed by atoms with Gasteiger partial charge in [-0.2, -0.15) is 0 Å². The van der Waals surface area contributed by atoms with E-state index in [-0.39, 0.29) is 12.3 Å². The molecule has 170 valence electrons. The van der Waals surface area contributed by atoms with E-state index in [1.165, 1.54) is 0 Å². The number of halogens is 1. The zero-order valence-electron chi connectivity index (χ0n) is 18.4. The van der Waals surface area contributed by atoms with Crippen molar-refractivity contribution in [1.82, 2.24) is 5.32 Å². The Labute approximate surface area is 212 Å². The number of amides is 1. The lowest BCUT2D eigenvalue weighted by molar-refractivity contribution is -0.142. The molecule has 0 saturated carbocycles. The minimum Gasteiger partial charge on any atom is -0.480 e. The predicted molar refractivity (Wildman–Crippen MR) is 142 cm³/mol. The van der Waals surface area contributed by atoms with E-state index in [1.54, 1.807) is 0 Å². The fourth-order valence-corrected chi connectivity index (χ4v) is 4.92. The summed E-state index contributed by atoms with van der Waals surface area (Å²) in [5.41, 5.74) is 1.96. The van der Waals surface area contributed by atoms with Crippen LogP contribution in [0.2, 0.25) is 0 Å². The Bertz CT molecular complexity index is 1160. The third-order valence-corrected chi connectivity index (χ3v) is 7.00. The quantitative estimate of drug-likeness (QED) is 0.223. The maximum absolute atomic E-state index is 14.3. The smallest absolute Gasteiger partial charge is 0.326 e. The van der Waals surface area contributed by atoms with Crippen LogP contribution in [-0.2, 0) is 21.4 Å². The fraction of sp³-hybridized carbons (Fsp3) is 0.103. The molecule has 0 aliphatic carbocycles. The van der Waals surface area contributed by atoms with Crippen LogP contribution >= 0.6 is 22.6 Å². The van der Waals surface area contributed by atoms with Crippen LogP contribution in [0.5, 0.6) is 0 Å². The van der Waals surface area contributed by atoms with E-state index in [2.05, 4.69) is 27.9 Å². The van der Waals surface area contributed by atoms with E-state index in [9.17, 15) is 14.7 Å². The molecule has 4 aromatic rings. The predicted octanol–water partition coefficient (Wildman–Crippen LogP) is 5.44. The van der Waals surface area contributed by atoms with Gasteiger partial charge in [0.25, 0.3) is 0 Å². The number of carbonyl (C=O) groups excluding carboxylic acids is 1. The van der Waals surface area contributed by atoms with Gasteiger partial charge in [0, 0.05) is 9.99 Å². The lowest BCUT2D eigenvalue weighted by atomic mass is 9.68. The summed E-state index contributed by atoms with van der Waals surface area (Å²) in [5, 5.41) is 12.9. The summed E-state index contributed by atoms with van der Waals surface area (Å²) < 4.78 is 0.959. The standard InChI is InChI=1S/C29H24INO3/c30-25-19-11-10-12-21(25)20-26(27(32)33)31-28(34)29(22-13-4-1-5-14-22,23-15-6-2-7-16-23)24-17-8-3-9-18-24/h1-19,26H,20H2,(H,31,34)(H,32,33)/t26-/m1/s1. The second-order valence-electron chi connectivity index (χ2n) is 8.01. The maximum atomic E-state index is 14.3. The van der Waals surface area contributed by atoms with Crippen molar-refractivity contribution in [2.75, 3.05) is 0 Å². The molecule has 1 amide bonds. The highest BCUT2D eigenvalue weighted by atomic mass is 127. The molecule has 34 heavy (non-hydrogen) atoms. The lowest BCUT2D eigenvalue weighted by Gasteiger charge is -2.35. The highest BCUT2D eigenvalue weighted by Gasteiger charge is 2.45. The number of hydrogen-bond acceptors (Lipinski definition) is 2. The average molecular weight is 561 g/mol. The topological polar surface area (TPSA) is 66.4 Å². The van der Waals surface area contributed by atoms with Crippen molar-refractivity contribution in [1.29, 1.82) is 0 Å². The monoisotopic (exact) mass is 561 g/mol. The summed E-state index contributed by atoms with van der Waals surface area (Å²) in [6.45, 7) is 0. The van der Waals surface area contributed by atoms with Crippen LogP contribution in [0.15, 0.2) is 115 Å². The molecule has 0 aliphatic heterocycles. The second kappa shape index (κ2) is 10.7. The van der Waals surface area contributed by atoms with Gasteiger partial charge in [-0.05, 0) is 50.9 Å². The molecule has 0 saturated heterocycles. The van der Waals surface area contributed by atoms with Crippen molar-refractivity contribution < 1.29 is 14.7 Å². The van der Waals surface area contributed by atoms with Crippen molar-refractivity contribution in [2.24, 2.45) is 0 Å². The molecular formula is C29H24INO3. The van der Waals surface area contributed by atoms with E-state index in [1.807, 2.05) is 115 Å². The minimum atomic E-state index is -1.22. The number of aliphatic carboxylic acids is 1. The number of carboxylic acids is 1. The van der Waals surface area contributed by atoms with Crippen LogP contribution in [0.4, 0.5) is 0 Å². The Morgan fingerprint density at radius 2 is 1.12 bits per heavy atom. The number of carboxylic acid groups (broad SMARTS) is 1. The van der Waals surface area contributed by atoms with E-state index >= 15 is 0 Å². The molecule has 0 fully saturated rings. The molecule has 0 spiro atoms. The first-order chi connectivity index (χ1) is 16.5. The number of nitrogens with one attached hydrogen (secondary N) is 1. The maximum Gasteiger partial charge on any atom is 0.326 e. The summed E-state index contributed by atoms with van der Waals surface area (Å²) >= 11 is 2.19. The van der Waals surface area contributed by atoms with Crippen LogP contribution < -0.4 is 5.32 Å². The number of carbonyl (C=O) groups is 2. The number of hydrogen-bond donors (Lipinski definition) is 2. The lowest BCUT2D eigenvalue weighted by Crippen LogP contribution is -2.52. The highest BCUT2D eigenvalue weighted by Crippen LogP contribution is 2.39. The van der Waals surface area contributed by atoms with Gasteiger partial charge < -0.3 is 10.4 Å². The van der Waals surface area contributed by atoms with Crippen LogP contribution in [0, 0.1) is 3.57 Å². The Morgan fingerprint density at radius 1 is 0.706 bits per heavy atom. The fourth-order valence-electron chi connectivity index (χ4n) is 4.31. The van der Waals surface area contributed by atoms with Crippen molar-refractivity contribution in [3.63, 3.8) is 0 Å². The molecule has 0 aliphatic rings. The zero-order valence-corrected chi connectivity index (χ0v) is 20.6. The second-order valence-corrected chi connectivity index (χ2v) is 9.17. The number of rotatable bonds is 8. The molecule has 0 aromatic heterocycles.